The Hall–Kier alpha value is -1.36. The van der Waals surface area contributed by atoms with Gasteiger partial charge in [-0.15, -0.1) is 12.4 Å². The van der Waals surface area contributed by atoms with Crippen molar-refractivity contribution in [3.8, 4) is 11.5 Å². The third-order valence-corrected chi connectivity index (χ3v) is 3.89. The van der Waals surface area contributed by atoms with Crippen molar-refractivity contribution < 1.29 is 0 Å². The molecule has 3 aliphatic rings. The smallest absolute Gasteiger partial charge is 0.165 e. The summed E-state index contributed by atoms with van der Waals surface area (Å²) in [7, 11) is 0. The summed E-state index contributed by atoms with van der Waals surface area (Å²) in [5, 5.41) is 3.28. The van der Waals surface area contributed by atoms with Gasteiger partial charge < -0.3 is 9.88 Å². The van der Waals surface area contributed by atoms with Crippen LogP contribution in [0.1, 0.15) is 51.3 Å². The Bertz CT molecular complexity index is 533. The van der Waals surface area contributed by atoms with Gasteiger partial charge in [0.2, 0.25) is 0 Å². The zero-order chi connectivity index (χ0) is 13.2. The normalized spacial score (nSPS) is 15.5. The van der Waals surface area contributed by atoms with E-state index < -0.39 is 0 Å². The van der Waals surface area contributed by atoms with E-state index in [4.69, 9.17) is 9.97 Å². The molecule has 110 valence electrons. The molecular weight excluding hydrogens is 274 g/mol. The van der Waals surface area contributed by atoms with Crippen LogP contribution >= 0.6 is 12.4 Å². The van der Waals surface area contributed by atoms with Crippen LogP contribution in [0.5, 0.6) is 0 Å². The molecular formula is C14H22ClN5. The number of halogens is 1. The van der Waals surface area contributed by atoms with Crippen molar-refractivity contribution in [2.75, 3.05) is 11.9 Å². The Kier molecular flexibility index (Phi) is 4.81. The van der Waals surface area contributed by atoms with Crippen LogP contribution < -0.4 is 5.32 Å². The van der Waals surface area contributed by atoms with Gasteiger partial charge in [0.05, 0.1) is 6.33 Å². The lowest BCUT2D eigenvalue weighted by Gasteiger charge is -2.11. The maximum atomic E-state index is 4.78. The highest BCUT2D eigenvalue weighted by Gasteiger charge is 2.26. The minimum absolute atomic E-state index is 0. The first-order chi connectivity index (χ1) is 9.33. The summed E-state index contributed by atoms with van der Waals surface area (Å²) in [6, 6.07) is 0. The van der Waals surface area contributed by atoms with Crippen LogP contribution in [0.3, 0.4) is 0 Å². The molecule has 0 unspecified atom stereocenters. The van der Waals surface area contributed by atoms with Crippen molar-refractivity contribution >= 4 is 18.2 Å². The number of aryl methyl sites for hydroxylation is 1. The molecule has 0 aromatic heterocycles. The van der Waals surface area contributed by atoms with Crippen LogP contribution in [0.15, 0.2) is 6.33 Å². The molecule has 1 fully saturated rings. The van der Waals surface area contributed by atoms with Crippen molar-refractivity contribution in [1.82, 2.24) is 19.5 Å². The molecule has 2 heterocycles. The van der Waals surface area contributed by atoms with Gasteiger partial charge in [-0.1, -0.05) is 12.8 Å². The van der Waals surface area contributed by atoms with Gasteiger partial charge in [0.25, 0.3) is 0 Å². The number of hydrogen-bond acceptors (Lipinski definition) is 4. The van der Waals surface area contributed by atoms with Crippen LogP contribution in [-0.4, -0.2) is 26.1 Å². The number of anilines is 1. The summed E-state index contributed by atoms with van der Waals surface area (Å²) in [4.78, 5) is 14.0. The van der Waals surface area contributed by atoms with Gasteiger partial charge >= 0.3 is 0 Å². The number of aromatic nitrogens is 4. The second kappa shape index (κ2) is 6.39. The maximum absolute atomic E-state index is 4.78. The van der Waals surface area contributed by atoms with Gasteiger partial charge in [-0.25, -0.2) is 15.0 Å². The van der Waals surface area contributed by atoms with Crippen LogP contribution in [0, 0.1) is 0 Å². The number of nitrogens with one attached hydrogen (secondary N) is 1. The predicted molar refractivity (Wildman–Crippen MR) is 82.7 cm³/mol. The number of rotatable bonds is 4. The summed E-state index contributed by atoms with van der Waals surface area (Å²) >= 11 is 0. The SMILES string of the molecule is CCNc1ncn(CC)c2nc(C3CCCC3)nc1-2.Cl. The molecule has 0 saturated heterocycles. The highest BCUT2D eigenvalue weighted by atomic mass is 35.5. The first-order valence-electron chi connectivity index (χ1n) is 7.30. The van der Waals surface area contributed by atoms with E-state index in [9.17, 15) is 0 Å². The molecule has 0 bridgehead atoms. The molecule has 2 aliphatic heterocycles. The molecule has 0 amide bonds. The third-order valence-electron chi connectivity index (χ3n) is 3.89. The molecule has 1 aliphatic carbocycles. The van der Waals surface area contributed by atoms with Crippen molar-refractivity contribution in [1.29, 1.82) is 0 Å². The van der Waals surface area contributed by atoms with E-state index in [2.05, 4.69) is 28.7 Å². The Labute approximate surface area is 126 Å². The van der Waals surface area contributed by atoms with Crippen LogP contribution in [0.25, 0.3) is 11.5 Å². The highest BCUT2D eigenvalue weighted by Crippen LogP contribution is 2.35. The fourth-order valence-electron chi connectivity index (χ4n) is 2.85. The van der Waals surface area contributed by atoms with Gasteiger partial charge in [0.15, 0.2) is 17.3 Å². The quantitative estimate of drug-likeness (QED) is 0.940. The largest absolute Gasteiger partial charge is 0.368 e. The summed E-state index contributed by atoms with van der Waals surface area (Å²) in [5.41, 5.74) is 0.924. The molecule has 0 aromatic carbocycles. The lowest BCUT2D eigenvalue weighted by atomic mass is 10.1. The van der Waals surface area contributed by atoms with Gasteiger partial charge in [0.1, 0.15) is 5.82 Å². The second-order valence-corrected chi connectivity index (χ2v) is 5.14. The van der Waals surface area contributed by atoms with E-state index in [1.807, 2.05) is 6.33 Å². The molecule has 1 N–H and O–H groups in total. The molecule has 5 nitrogen and oxygen atoms in total. The third kappa shape index (κ3) is 2.59. The summed E-state index contributed by atoms with van der Waals surface area (Å²) in [5.74, 6) is 3.39. The van der Waals surface area contributed by atoms with E-state index in [1.165, 1.54) is 25.7 Å². The summed E-state index contributed by atoms with van der Waals surface area (Å²) < 4.78 is 2.07. The lowest BCUT2D eigenvalue weighted by Crippen LogP contribution is -2.08. The summed E-state index contributed by atoms with van der Waals surface area (Å²) in [6.07, 6.45) is 6.93. The van der Waals surface area contributed by atoms with Crippen LogP contribution in [-0.2, 0) is 6.54 Å². The molecule has 0 aromatic rings. The monoisotopic (exact) mass is 295 g/mol. The first kappa shape index (κ1) is 15.0. The van der Waals surface area contributed by atoms with E-state index in [-0.39, 0.29) is 12.4 Å². The van der Waals surface area contributed by atoms with Crippen LogP contribution in [0.4, 0.5) is 5.82 Å². The van der Waals surface area contributed by atoms with Gasteiger partial charge in [-0.05, 0) is 26.7 Å². The molecule has 0 radical (unpaired) electrons. The zero-order valence-corrected chi connectivity index (χ0v) is 12.9. The van der Waals surface area contributed by atoms with Gasteiger partial charge in [0, 0.05) is 19.0 Å². The van der Waals surface area contributed by atoms with E-state index in [0.29, 0.717) is 5.92 Å². The average molecular weight is 296 g/mol. The molecule has 1 saturated carbocycles. The fraction of sp³-hybridized carbons (Fsp3) is 0.643. The van der Waals surface area contributed by atoms with Crippen molar-refractivity contribution in [2.24, 2.45) is 0 Å². The maximum Gasteiger partial charge on any atom is 0.165 e. The predicted octanol–water partition coefficient (Wildman–Crippen LogP) is 3.31. The Morgan fingerprint density at radius 3 is 2.65 bits per heavy atom. The summed E-state index contributed by atoms with van der Waals surface area (Å²) in [6.45, 7) is 5.91. The van der Waals surface area contributed by atoms with Gasteiger partial charge in [-0.3, -0.25) is 0 Å². The fourth-order valence-corrected chi connectivity index (χ4v) is 2.85. The second-order valence-electron chi connectivity index (χ2n) is 5.14. The van der Waals surface area contributed by atoms with E-state index in [1.54, 1.807) is 0 Å². The minimum atomic E-state index is 0. The minimum Gasteiger partial charge on any atom is -0.368 e. The Morgan fingerprint density at radius 2 is 2.00 bits per heavy atom. The Balaban J connectivity index is 0.00000147. The highest BCUT2D eigenvalue weighted by molar-refractivity contribution is 5.85. The molecule has 3 rings (SSSR count). The zero-order valence-electron chi connectivity index (χ0n) is 12.1. The Morgan fingerprint density at radius 1 is 1.25 bits per heavy atom. The van der Waals surface area contributed by atoms with E-state index >= 15 is 0 Å². The number of hydrogen-bond donors (Lipinski definition) is 1. The number of imidazole rings is 1. The number of fused-ring (bicyclic) bond motifs is 1. The van der Waals surface area contributed by atoms with E-state index in [0.717, 1.165) is 36.3 Å². The average Bonchev–Trinajstić information content (AvgIpc) is 3.08. The van der Waals surface area contributed by atoms with Crippen molar-refractivity contribution in [2.45, 2.75) is 52.0 Å². The molecule has 0 atom stereocenters. The lowest BCUT2D eigenvalue weighted by molar-refractivity contribution is 0.675. The standard InChI is InChI=1S/C14H21N5.ClH/c1-3-15-13-11-14(19(4-2)9-16-13)18-12(17-11)10-7-5-6-8-10;/h9-10,15H,3-8H2,1-2H3;1H. The van der Waals surface area contributed by atoms with Gasteiger partial charge in [-0.2, -0.15) is 0 Å². The number of nitrogens with zero attached hydrogens (tertiary/aromatic N) is 4. The van der Waals surface area contributed by atoms with Crippen molar-refractivity contribution in [3.05, 3.63) is 12.2 Å². The van der Waals surface area contributed by atoms with Crippen molar-refractivity contribution in [3.63, 3.8) is 0 Å². The molecule has 0 spiro atoms. The first-order valence-corrected chi connectivity index (χ1v) is 7.30. The molecule has 20 heavy (non-hydrogen) atoms. The topological polar surface area (TPSA) is 55.6 Å². The molecule has 6 heteroatoms. The van der Waals surface area contributed by atoms with Crippen LogP contribution in [0.2, 0.25) is 0 Å².